The third-order valence-corrected chi connectivity index (χ3v) is 5.66. The number of nitro groups is 1. The lowest BCUT2D eigenvalue weighted by atomic mass is 10.2. The molecule has 0 saturated carbocycles. The molecule has 0 aliphatic rings. The van der Waals surface area contributed by atoms with Crippen LogP contribution in [0, 0.1) is 10.1 Å². The number of nitrogens with one attached hydrogen (secondary N) is 1. The molecule has 1 N–H and O–H groups in total. The zero-order valence-electron chi connectivity index (χ0n) is 14.5. The number of pyridine rings is 1. The number of amides is 1. The van der Waals surface area contributed by atoms with Crippen LogP contribution in [0.25, 0.3) is 11.3 Å². The zero-order valence-corrected chi connectivity index (χ0v) is 16.2. The number of hydrogen-bond acceptors (Lipinski definition) is 8. The molecule has 0 spiro atoms. The van der Waals surface area contributed by atoms with E-state index < -0.39 is 26.4 Å². The van der Waals surface area contributed by atoms with Crippen LogP contribution in [-0.2, 0) is 16.4 Å². The second-order valence-electron chi connectivity index (χ2n) is 5.79. The molecule has 144 valence electrons. The van der Waals surface area contributed by atoms with E-state index in [-0.39, 0.29) is 17.0 Å². The van der Waals surface area contributed by atoms with Crippen LogP contribution in [0.15, 0.2) is 53.0 Å². The lowest BCUT2D eigenvalue weighted by molar-refractivity contribution is -0.385. The molecule has 0 atom stereocenters. The first kappa shape index (κ1) is 19.6. The highest BCUT2D eigenvalue weighted by Gasteiger charge is 2.19. The van der Waals surface area contributed by atoms with Crippen molar-refractivity contribution in [3.63, 3.8) is 0 Å². The predicted molar refractivity (Wildman–Crippen MR) is 103 cm³/mol. The maximum atomic E-state index is 12.4. The first-order chi connectivity index (χ1) is 13.2. The molecule has 28 heavy (non-hydrogen) atoms. The highest BCUT2D eigenvalue weighted by Crippen LogP contribution is 2.22. The second kappa shape index (κ2) is 7.82. The van der Waals surface area contributed by atoms with Gasteiger partial charge in [0.1, 0.15) is 5.01 Å². The molecule has 9 nitrogen and oxygen atoms in total. The summed E-state index contributed by atoms with van der Waals surface area (Å²) < 4.78 is 23.5. The number of carbonyl (C=O) groups is 1. The van der Waals surface area contributed by atoms with Crippen molar-refractivity contribution in [3.8, 4) is 11.3 Å². The summed E-state index contributed by atoms with van der Waals surface area (Å²) in [6.07, 6.45) is 4.22. The van der Waals surface area contributed by atoms with Gasteiger partial charge in [0.2, 0.25) is 0 Å². The summed E-state index contributed by atoms with van der Waals surface area (Å²) in [6.45, 7) is 0.103. The van der Waals surface area contributed by atoms with Crippen LogP contribution in [0.5, 0.6) is 0 Å². The number of sulfone groups is 1. The largest absolute Gasteiger partial charge is 0.346 e. The number of benzene rings is 1. The predicted octanol–water partition coefficient (Wildman–Crippen LogP) is 2.45. The van der Waals surface area contributed by atoms with Crippen molar-refractivity contribution >= 4 is 32.8 Å². The SMILES string of the molecule is CS(=O)(=O)c1cc(C(=O)NCc2nc(-c3ccncc3)cs2)cc([N+](=O)[O-])c1. The first-order valence-corrected chi connectivity index (χ1v) is 10.6. The summed E-state index contributed by atoms with van der Waals surface area (Å²) in [6, 6.07) is 6.70. The van der Waals surface area contributed by atoms with Gasteiger partial charge in [0.25, 0.3) is 11.6 Å². The van der Waals surface area contributed by atoms with Gasteiger partial charge in [0, 0.05) is 47.3 Å². The number of rotatable bonds is 6. The quantitative estimate of drug-likeness (QED) is 0.480. The van der Waals surface area contributed by atoms with E-state index in [1.54, 1.807) is 12.4 Å². The average Bonchev–Trinajstić information content (AvgIpc) is 3.14. The van der Waals surface area contributed by atoms with Gasteiger partial charge in [-0.1, -0.05) is 0 Å². The molecule has 2 heterocycles. The zero-order chi connectivity index (χ0) is 20.3. The number of non-ortho nitro benzene ring substituents is 1. The Bertz CT molecular complexity index is 1140. The molecular formula is C17H14N4O5S2. The topological polar surface area (TPSA) is 132 Å². The van der Waals surface area contributed by atoms with Gasteiger partial charge < -0.3 is 5.32 Å². The molecule has 3 aromatic rings. The highest BCUT2D eigenvalue weighted by atomic mass is 32.2. The van der Waals surface area contributed by atoms with Gasteiger partial charge >= 0.3 is 0 Å². The fourth-order valence-electron chi connectivity index (χ4n) is 2.34. The molecule has 0 unspecified atom stereocenters. The van der Waals surface area contributed by atoms with E-state index in [9.17, 15) is 23.3 Å². The lowest BCUT2D eigenvalue weighted by Gasteiger charge is -2.06. The van der Waals surface area contributed by atoms with Gasteiger partial charge in [-0.15, -0.1) is 11.3 Å². The Morgan fingerprint density at radius 1 is 1.25 bits per heavy atom. The van der Waals surface area contributed by atoms with E-state index in [0.717, 1.165) is 35.7 Å². The monoisotopic (exact) mass is 418 g/mol. The van der Waals surface area contributed by atoms with E-state index >= 15 is 0 Å². The maximum absolute atomic E-state index is 12.4. The minimum Gasteiger partial charge on any atom is -0.346 e. The van der Waals surface area contributed by atoms with Crippen molar-refractivity contribution in [1.29, 1.82) is 0 Å². The molecule has 3 rings (SSSR count). The third-order valence-electron chi connectivity index (χ3n) is 3.72. The molecule has 0 radical (unpaired) electrons. The van der Waals surface area contributed by atoms with Crippen molar-refractivity contribution in [3.05, 3.63) is 68.8 Å². The Balaban J connectivity index is 1.77. The Hall–Kier alpha value is -3.18. The molecule has 0 saturated heterocycles. The number of aromatic nitrogens is 2. The van der Waals surface area contributed by atoms with E-state index in [2.05, 4.69) is 15.3 Å². The standard InChI is InChI=1S/C17H14N4O5S2/c1-28(25,26)14-7-12(6-13(8-14)21(23)24)17(22)19-9-16-20-15(10-27-16)11-2-4-18-5-3-11/h2-8,10H,9H2,1H3,(H,19,22). The molecule has 0 fully saturated rings. The summed E-state index contributed by atoms with van der Waals surface area (Å²) in [5.41, 5.74) is 1.05. The summed E-state index contributed by atoms with van der Waals surface area (Å²) in [4.78, 5) is 30.8. The Morgan fingerprint density at radius 3 is 2.61 bits per heavy atom. The summed E-state index contributed by atoms with van der Waals surface area (Å²) in [7, 11) is -3.71. The van der Waals surface area contributed by atoms with Gasteiger partial charge in [-0.05, 0) is 18.2 Å². The fourth-order valence-corrected chi connectivity index (χ4v) is 3.76. The van der Waals surface area contributed by atoms with Crippen molar-refractivity contribution in [1.82, 2.24) is 15.3 Å². The normalized spacial score (nSPS) is 11.2. The molecule has 0 aliphatic heterocycles. The van der Waals surface area contributed by atoms with E-state index in [1.807, 2.05) is 17.5 Å². The maximum Gasteiger partial charge on any atom is 0.271 e. The van der Waals surface area contributed by atoms with Crippen LogP contribution in [-0.4, -0.2) is 35.5 Å². The molecule has 2 aromatic heterocycles. The van der Waals surface area contributed by atoms with Crippen LogP contribution in [0.3, 0.4) is 0 Å². The molecular weight excluding hydrogens is 404 g/mol. The molecule has 0 bridgehead atoms. The van der Waals surface area contributed by atoms with Crippen molar-refractivity contribution < 1.29 is 18.1 Å². The summed E-state index contributed by atoms with van der Waals surface area (Å²) in [5, 5.41) is 16.1. The van der Waals surface area contributed by atoms with Gasteiger partial charge in [0.05, 0.1) is 22.1 Å². The van der Waals surface area contributed by atoms with E-state index in [0.29, 0.717) is 5.01 Å². The smallest absolute Gasteiger partial charge is 0.271 e. The van der Waals surface area contributed by atoms with Crippen LogP contribution >= 0.6 is 11.3 Å². The van der Waals surface area contributed by atoms with E-state index in [4.69, 9.17) is 0 Å². The fraction of sp³-hybridized carbons (Fsp3) is 0.118. The summed E-state index contributed by atoms with van der Waals surface area (Å²) >= 11 is 1.35. The Kier molecular flexibility index (Phi) is 5.47. The van der Waals surface area contributed by atoms with Crippen LogP contribution in [0.4, 0.5) is 5.69 Å². The number of nitro benzene ring substituents is 1. The number of nitrogens with zero attached hydrogens (tertiary/aromatic N) is 3. The minimum atomic E-state index is -3.71. The van der Waals surface area contributed by atoms with Gasteiger partial charge in [0.15, 0.2) is 9.84 Å². The van der Waals surface area contributed by atoms with Gasteiger partial charge in [-0.2, -0.15) is 0 Å². The minimum absolute atomic E-state index is 0.103. The van der Waals surface area contributed by atoms with Crippen molar-refractivity contribution in [2.45, 2.75) is 11.4 Å². The average molecular weight is 418 g/mol. The van der Waals surface area contributed by atoms with Crippen LogP contribution < -0.4 is 5.32 Å². The number of hydrogen-bond donors (Lipinski definition) is 1. The highest BCUT2D eigenvalue weighted by molar-refractivity contribution is 7.90. The van der Waals surface area contributed by atoms with Crippen molar-refractivity contribution in [2.24, 2.45) is 0 Å². The van der Waals surface area contributed by atoms with Gasteiger partial charge in [-0.3, -0.25) is 19.9 Å². The lowest BCUT2D eigenvalue weighted by Crippen LogP contribution is -2.23. The molecule has 0 aliphatic carbocycles. The van der Waals surface area contributed by atoms with Crippen molar-refractivity contribution in [2.75, 3.05) is 6.26 Å². The summed E-state index contributed by atoms with van der Waals surface area (Å²) in [5.74, 6) is -0.630. The van der Waals surface area contributed by atoms with Crippen LogP contribution in [0.2, 0.25) is 0 Å². The number of thiazole rings is 1. The van der Waals surface area contributed by atoms with Crippen LogP contribution in [0.1, 0.15) is 15.4 Å². The first-order valence-electron chi connectivity index (χ1n) is 7.86. The molecule has 1 aromatic carbocycles. The molecule has 11 heteroatoms. The third kappa shape index (κ3) is 4.56. The van der Waals surface area contributed by atoms with Gasteiger partial charge in [-0.25, -0.2) is 13.4 Å². The van der Waals surface area contributed by atoms with E-state index in [1.165, 1.54) is 11.3 Å². The second-order valence-corrected chi connectivity index (χ2v) is 8.75. The Labute approximate surface area is 164 Å². The number of carbonyl (C=O) groups excluding carboxylic acids is 1. The Morgan fingerprint density at radius 2 is 1.96 bits per heavy atom. The molecule has 1 amide bonds.